The van der Waals surface area contributed by atoms with E-state index in [1.165, 1.54) is 18.3 Å². The molecule has 0 saturated carbocycles. The van der Waals surface area contributed by atoms with Crippen molar-refractivity contribution < 1.29 is 14.7 Å². The Balaban J connectivity index is 2.69. The topological polar surface area (TPSA) is 91.3 Å². The summed E-state index contributed by atoms with van der Waals surface area (Å²) in [5.41, 5.74) is -0.419. The number of amides is 2. The Kier molecular flexibility index (Phi) is 4.28. The summed E-state index contributed by atoms with van der Waals surface area (Å²) in [5.74, 6) is -1.06. The number of anilines is 1. The third kappa shape index (κ3) is 3.19. The van der Waals surface area contributed by atoms with Gasteiger partial charge in [0.1, 0.15) is 5.54 Å². The monoisotopic (exact) mass is 271 g/mol. The molecular formula is C11H17N3O3S. The highest BCUT2D eigenvalue weighted by molar-refractivity contribution is 7.15. The smallest absolute Gasteiger partial charge is 0.329 e. The first-order chi connectivity index (χ1) is 8.28. The Hall–Kier alpha value is -1.63. The molecule has 1 atom stereocenters. The highest BCUT2D eigenvalue weighted by Crippen LogP contribution is 2.21. The van der Waals surface area contributed by atoms with E-state index < -0.39 is 17.5 Å². The first-order valence-electron chi connectivity index (χ1n) is 5.55. The quantitative estimate of drug-likeness (QED) is 0.782. The maximum atomic E-state index is 11.7. The molecule has 6 nitrogen and oxygen atoms in total. The second-order valence-corrected chi connectivity index (χ2v) is 5.43. The number of hydrogen-bond donors (Lipinski definition) is 3. The number of hydrogen-bond acceptors (Lipinski definition) is 4. The van der Waals surface area contributed by atoms with Gasteiger partial charge in [0.15, 0.2) is 5.13 Å². The maximum Gasteiger partial charge on any atom is 0.329 e. The molecule has 1 aromatic heterocycles. The molecule has 1 heterocycles. The van der Waals surface area contributed by atoms with Crippen LogP contribution in [0, 0.1) is 13.8 Å². The number of nitrogens with zero attached hydrogens (tertiary/aromatic N) is 1. The number of nitrogens with one attached hydrogen (secondary N) is 2. The zero-order valence-electron chi connectivity index (χ0n) is 10.8. The molecule has 1 rings (SSSR count). The number of rotatable bonds is 4. The van der Waals surface area contributed by atoms with Crippen LogP contribution in [-0.2, 0) is 4.79 Å². The SMILES string of the molecule is CCC(C)(NC(=O)Nc1nc(C)c(C)s1)C(=O)O. The molecule has 1 unspecified atom stereocenters. The van der Waals surface area contributed by atoms with Gasteiger partial charge in [-0.15, -0.1) is 11.3 Å². The largest absolute Gasteiger partial charge is 0.480 e. The molecule has 100 valence electrons. The number of urea groups is 1. The molecule has 0 fully saturated rings. The van der Waals surface area contributed by atoms with E-state index in [9.17, 15) is 9.59 Å². The summed E-state index contributed by atoms with van der Waals surface area (Å²) in [5, 5.41) is 14.5. The van der Waals surface area contributed by atoms with Gasteiger partial charge in [0.2, 0.25) is 0 Å². The van der Waals surface area contributed by atoms with Gasteiger partial charge in [-0.05, 0) is 27.2 Å². The van der Waals surface area contributed by atoms with E-state index in [0.29, 0.717) is 11.6 Å². The van der Waals surface area contributed by atoms with Gasteiger partial charge in [-0.1, -0.05) is 6.92 Å². The molecule has 7 heteroatoms. The van der Waals surface area contributed by atoms with Gasteiger partial charge in [-0.3, -0.25) is 5.32 Å². The molecule has 3 N–H and O–H groups in total. The number of carboxylic acid groups (broad SMARTS) is 1. The van der Waals surface area contributed by atoms with E-state index in [1.54, 1.807) is 6.92 Å². The number of carbonyl (C=O) groups excluding carboxylic acids is 1. The lowest BCUT2D eigenvalue weighted by Gasteiger charge is -2.24. The molecule has 0 bridgehead atoms. The molecule has 0 aromatic carbocycles. The Morgan fingerprint density at radius 3 is 2.44 bits per heavy atom. The van der Waals surface area contributed by atoms with Crippen LogP contribution in [0.5, 0.6) is 0 Å². The summed E-state index contributed by atoms with van der Waals surface area (Å²) >= 11 is 1.35. The van der Waals surface area contributed by atoms with Gasteiger partial charge in [0, 0.05) is 4.88 Å². The number of aliphatic carboxylic acids is 1. The van der Waals surface area contributed by atoms with Crippen LogP contribution in [0.1, 0.15) is 30.8 Å². The molecule has 2 amide bonds. The van der Waals surface area contributed by atoms with Crippen molar-refractivity contribution >= 4 is 28.5 Å². The van der Waals surface area contributed by atoms with Crippen LogP contribution >= 0.6 is 11.3 Å². The first-order valence-corrected chi connectivity index (χ1v) is 6.36. The van der Waals surface area contributed by atoms with E-state index in [0.717, 1.165) is 10.6 Å². The van der Waals surface area contributed by atoms with E-state index >= 15 is 0 Å². The zero-order valence-corrected chi connectivity index (χ0v) is 11.6. The Morgan fingerprint density at radius 2 is 2.06 bits per heavy atom. The number of carbonyl (C=O) groups is 2. The van der Waals surface area contributed by atoms with Crippen molar-refractivity contribution in [3.63, 3.8) is 0 Å². The normalized spacial score (nSPS) is 13.8. The molecular weight excluding hydrogens is 254 g/mol. The van der Waals surface area contributed by atoms with Crippen LogP contribution in [0.25, 0.3) is 0 Å². The number of aromatic nitrogens is 1. The minimum absolute atomic E-state index is 0.297. The van der Waals surface area contributed by atoms with Crippen molar-refractivity contribution in [2.75, 3.05) is 5.32 Å². The maximum absolute atomic E-state index is 11.7. The fourth-order valence-electron chi connectivity index (χ4n) is 1.20. The van der Waals surface area contributed by atoms with Crippen molar-refractivity contribution in [3.05, 3.63) is 10.6 Å². The third-order valence-electron chi connectivity index (χ3n) is 2.82. The van der Waals surface area contributed by atoms with Gasteiger partial charge in [0.25, 0.3) is 0 Å². The lowest BCUT2D eigenvalue weighted by atomic mass is 10.00. The van der Waals surface area contributed by atoms with E-state index in [4.69, 9.17) is 5.11 Å². The van der Waals surface area contributed by atoms with Gasteiger partial charge < -0.3 is 10.4 Å². The molecule has 0 radical (unpaired) electrons. The summed E-state index contributed by atoms with van der Waals surface area (Å²) in [4.78, 5) is 27.9. The summed E-state index contributed by atoms with van der Waals surface area (Å²) < 4.78 is 0. The van der Waals surface area contributed by atoms with E-state index in [1.807, 2.05) is 13.8 Å². The highest BCUT2D eigenvalue weighted by Gasteiger charge is 2.32. The average Bonchev–Trinajstić information content (AvgIpc) is 2.57. The molecule has 0 spiro atoms. The molecule has 0 aliphatic heterocycles. The first kappa shape index (κ1) is 14.4. The summed E-state index contributed by atoms with van der Waals surface area (Å²) in [6.07, 6.45) is 0.297. The van der Waals surface area contributed by atoms with Crippen LogP contribution in [0.3, 0.4) is 0 Å². The predicted octanol–water partition coefficient (Wildman–Crippen LogP) is 2.13. The van der Waals surface area contributed by atoms with Gasteiger partial charge in [-0.2, -0.15) is 0 Å². The van der Waals surface area contributed by atoms with Crippen LogP contribution in [0.4, 0.5) is 9.93 Å². The predicted molar refractivity (Wildman–Crippen MR) is 70.1 cm³/mol. The van der Waals surface area contributed by atoms with Crippen molar-refractivity contribution in [1.29, 1.82) is 0 Å². The summed E-state index contributed by atoms with van der Waals surface area (Å²) in [6.45, 7) is 6.92. The van der Waals surface area contributed by atoms with Crippen molar-refractivity contribution in [1.82, 2.24) is 10.3 Å². The molecule has 0 aliphatic rings. The third-order valence-corrected chi connectivity index (χ3v) is 3.81. The van der Waals surface area contributed by atoms with Crippen LogP contribution in [-0.4, -0.2) is 27.6 Å². The van der Waals surface area contributed by atoms with Crippen molar-refractivity contribution in [2.45, 2.75) is 39.7 Å². The lowest BCUT2D eigenvalue weighted by Crippen LogP contribution is -2.53. The second kappa shape index (κ2) is 5.34. The zero-order chi connectivity index (χ0) is 13.9. The Morgan fingerprint density at radius 1 is 1.44 bits per heavy atom. The fraction of sp³-hybridized carbons (Fsp3) is 0.545. The highest BCUT2D eigenvalue weighted by atomic mass is 32.1. The van der Waals surface area contributed by atoms with Crippen molar-refractivity contribution in [2.24, 2.45) is 0 Å². The molecule has 18 heavy (non-hydrogen) atoms. The summed E-state index contributed by atoms with van der Waals surface area (Å²) in [6, 6.07) is -0.560. The van der Waals surface area contributed by atoms with Gasteiger partial charge >= 0.3 is 12.0 Å². The molecule has 0 saturated heterocycles. The van der Waals surface area contributed by atoms with Gasteiger partial charge in [-0.25, -0.2) is 14.6 Å². The standard InChI is InChI=1S/C11H17N3O3S/c1-5-11(4,8(15)16)14-9(17)13-10-12-6(2)7(3)18-10/h5H2,1-4H3,(H,15,16)(H2,12,13,14,17). The van der Waals surface area contributed by atoms with E-state index in [2.05, 4.69) is 15.6 Å². The van der Waals surface area contributed by atoms with Crippen molar-refractivity contribution in [3.8, 4) is 0 Å². The minimum atomic E-state index is -1.27. The fourth-order valence-corrected chi connectivity index (χ4v) is 2.01. The lowest BCUT2D eigenvalue weighted by molar-refractivity contribution is -0.143. The number of carboxylic acids is 1. The average molecular weight is 271 g/mol. The number of aryl methyl sites for hydroxylation is 2. The van der Waals surface area contributed by atoms with Crippen LogP contribution in [0.2, 0.25) is 0 Å². The van der Waals surface area contributed by atoms with E-state index in [-0.39, 0.29) is 0 Å². The Bertz CT molecular complexity index is 453. The van der Waals surface area contributed by atoms with Crippen LogP contribution in [0.15, 0.2) is 0 Å². The van der Waals surface area contributed by atoms with Crippen LogP contribution < -0.4 is 10.6 Å². The Labute approximate surface area is 109 Å². The second-order valence-electron chi connectivity index (χ2n) is 4.23. The molecule has 1 aromatic rings. The summed E-state index contributed by atoms with van der Waals surface area (Å²) in [7, 11) is 0. The van der Waals surface area contributed by atoms with Gasteiger partial charge in [0.05, 0.1) is 5.69 Å². The molecule has 0 aliphatic carbocycles. The minimum Gasteiger partial charge on any atom is -0.480 e. The number of thiazole rings is 1.